The first-order valence-electron chi connectivity index (χ1n) is 6.48. The van der Waals surface area contributed by atoms with Crippen LogP contribution in [0.2, 0.25) is 0 Å². The van der Waals surface area contributed by atoms with E-state index in [1.807, 2.05) is 34.9 Å². The fourth-order valence-corrected chi connectivity index (χ4v) is 2.15. The maximum atomic E-state index is 12.1. The Hall–Kier alpha value is -0.880. The number of aromatic nitrogens is 2. The van der Waals surface area contributed by atoms with Gasteiger partial charge in [0, 0.05) is 6.54 Å². The SMILES string of the molecule is Cc1nn(C(C)C(=O)NCCCN(C)C)c(C)c1Br. The molecule has 19 heavy (non-hydrogen) atoms. The normalized spacial score (nSPS) is 12.8. The standard InChI is InChI=1S/C13H23BrN4O/c1-9-12(14)10(2)18(16-9)11(3)13(19)15-7-6-8-17(4)5/h11H,6-8H2,1-5H3,(H,15,19). The van der Waals surface area contributed by atoms with Crippen LogP contribution in [0.4, 0.5) is 0 Å². The smallest absolute Gasteiger partial charge is 0.244 e. The lowest BCUT2D eigenvalue weighted by Crippen LogP contribution is -2.33. The van der Waals surface area contributed by atoms with Gasteiger partial charge in [0.2, 0.25) is 5.91 Å². The highest BCUT2D eigenvalue weighted by atomic mass is 79.9. The van der Waals surface area contributed by atoms with Crippen LogP contribution in [0, 0.1) is 13.8 Å². The number of carbonyl (C=O) groups is 1. The molecule has 0 radical (unpaired) electrons. The Balaban J connectivity index is 2.55. The highest BCUT2D eigenvalue weighted by Crippen LogP contribution is 2.22. The molecule has 1 heterocycles. The van der Waals surface area contributed by atoms with Gasteiger partial charge in [-0.1, -0.05) is 0 Å². The number of hydrogen-bond acceptors (Lipinski definition) is 3. The second-order valence-corrected chi connectivity index (χ2v) is 5.85. The van der Waals surface area contributed by atoms with Crippen molar-refractivity contribution in [3.05, 3.63) is 15.9 Å². The van der Waals surface area contributed by atoms with Crippen LogP contribution in [0.1, 0.15) is 30.8 Å². The van der Waals surface area contributed by atoms with E-state index in [1.54, 1.807) is 4.68 Å². The second-order valence-electron chi connectivity index (χ2n) is 5.05. The van der Waals surface area contributed by atoms with E-state index in [4.69, 9.17) is 0 Å². The average molecular weight is 331 g/mol. The van der Waals surface area contributed by atoms with Crippen LogP contribution in [-0.2, 0) is 4.79 Å². The van der Waals surface area contributed by atoms with Crippen LogP contribution in [0.15, 0.2) is 4.47 Å². The van der Waals surface area contributed by atoms with Crippen molar-refractivity contribution >= 4 is 21.8 Å². The summed E-state index contributed by atoms with van der Waals surface area (Å²) < 4.78 is 2.74. The van der Waals surface area contributed by atoms with Crippen molar-refractivity contribution in [3.63, 3.8) is 0 Å². The lowest BCUT2D eigenvalue weighted by Gasteiger charge is -2.15. The molecule has 0 bridgehead atoms. The quantitative estimate of drug-likeness (QED) is 0.810. The summed E-state index contributed by atoms with van der Waals surface area (Å²) in [4.78, 5) is 14.2. The lowest BCUT2D eigenvalue weighted by molar-refractivity contribution is -0.124. The molecule has 0 fully saturated rings. The van der Waals surface area contributed by atoms with Crippen molar-refractivity contribution in [3.8, 4) is 0 Å². The van der Waals surface area contributed by atoms with Crippen molar-refractivity contribution < 1.29 is 4.79 Å². The molecule has 0 aliphatic heterocycles. The topological polar surface area (TPSA) is 50.2 Å². The van der Waals surface area contributed by atoms with Gasteiger partial charge in [-0.2, -0.15) is 5.10 Å². The molecule has 1 rings (SSSR count). The van der Waals surface area contributed by atoms with E-state index < -0.39 is 0 Å². The number of nitrogens with one attached hydrogen (secondary N) is 1. The van der Waals surface area contributed by atoms with E-state index in [2.05, 4.69) is 31.2 Å². The monoisotopic (exact) mass is 330 g/mol. The molecule has 5 nitrogen and oxygen atoms in total. The van der Waals surface area contributed by atoms with Crippen LogP contribution in [0.25, 0.3) is 0 Å². The zero-order chi connectivity index (χ0) is 14.6. The van der Waals surface area contributed by atoms with E-state index in [0.717, 1.165) is 28.8 Å². The van der Waals surface area contributed by atoms with Crippen LogP contribution < -0.4 is 5.32 Å². The molecule has 108 valence electrons. The van der Waals surface area contributed by atoms with Gasteiger partial charge in [0.05, 0.1) is 15.9 Å². The summed E-state index contributed by atoms with van der Waals surface area (Å²) >= 11 is 3.48. The Morgan fingerprint density at radius 1 is 1.47 bits per heavy atom. The third-order valence-corrected chi connectivity index (χ3v) is 4.21. The van der Waals surface area contributed by atoms with Crippen LogP contribution in [-0.4, -0.2) is 47.8 Å². The predicted octanol–water partition coefficient (Wildman–Crippen LogP) is 1.89. The van der Waals surface area contributed by atoms with Gasteiger partial charge in [0.1, 0.15) is 6.04 Å². The van der Waals surface area contributed by atoms with E-state index in [9.17, 15) is 4.79 Å². The zero-order valence-electron chi connectivity index (χ0n) is 12.3. The van der Waals surface area contributed by atoms with E-state index >= 15 is 0 Å². The minimum absolute atomic E-state index is 0.0110. The van der Waals surface area contributed by atoms with Gasteiger partial charge in [0.15, 0.2) is 0 Å². The molecule has 1 aromatic heterocycles. The maximum Gasteiger partial charge on any atom is 0.244 e. The maximum absolute atomic E-state index is 12.1. The second kappa shape index (κ2) is 7.05. The van der Waals surface area contributed by atoms with Crippen LogP contribution in [0.3, 0.4) is 0 Å². The van der Waals surface area contributed by atoms with Crippen molar-refractivity contribution in [1.82, 2.24) is 20.0 Å². The van der Waals surface area contributed by atoms with Gasteiger partial charge < -0.3 is 10.2 Å². The molecular weight excluding hydrogens is 308 g/mol. The number of aryl methyl sites for hydroxylation is 1. The summed E-state index contributed by atoms with van der Waals surface area (Å²) in [5, 5.41) is 7.34. The molecule has 1 N–H and O–H groups in total. The van der Waals surface area contributed by atoms with Gasteiger partial charge >= 0.3 is 0 Å². The molecule has 0 saturated heterocycles. The molecule has 1 aromatic rings. The molecule has 0 aliphatic carbocycles. The average Bonchev–Trinajstić information content (AvgIpc) is 2.61. The van der Waals surface area contributed by atoms with Crippen molar-refractivity contribution in [2.24, 2.45) is 0 Å². The fraction of sp³-hybridized carbons (Fsp3) is 0.692. The highest BCUT2D eigenvalue weighted by molar-refractivity contribution is 9.10. The number of nitrogens with zero attached hydrogens (tertiary/aromatic N) is 3. The summed E-state index contributed by atoms with van der Waals surface area (Å²) in [6.45, 7) is 7.42. The summed E-state index contributed by atoms with van der Waals surface area (Å²) in [7, 11) is 4.05. The summed E-state index contributed by atoms with van der Waals surface area (Å²) in [5.74, 6) is 0.0110. The van der Waals surface area contributed by atoms with Crippen LogP contribution in [0.5, 0.6) is 0 Å². The minimum Gasteiger partial charge on any atom is -0.354 e. The third-order valence-electron chi connectivity index (χ3n) is 3.06. The Kier molecular flexibility index (Phi) is 6.00. The number of hydrogen-bond donors (Lipinski definition) is 1. The Morgan fingerprint density at radius 3 is 2.58 bits per heavy atom. The largest absolute Gasteiger partial charge is 0.354 e. The summed E-state index contributed by atoms with van der Waals surface area (Å²) in [6.07, 6.45) is 0.951. The Labute approximate surface area is 123 Å². The summed E-state index contributed by atoms with van der Waals surface area (Å²) in [5.41, 5.74) is 1.89. The molecule has 0 spiro atoms. The van der Waals surface area contributed by atoms with Crippen molar-refractivity contribution in [2.75, 3.05) is 27.2 Å². The van der Waals surface area contributed by atoms with E-state index in [-0.39, 0.29) is 11.9 Å². The van der Waals surface area contributed by atoms with Gasteiger partial charge in [-0.15, -0.1) is 0 Å². The number of rotatable bonds is 6. The first-order chi connectivity index (χ1) is 8.84. The Bertz CT molecular complexity index is 442. The van der Waals surface area contributed by atoms with E-state index in [0.29, 0.717) is 6.54 Å². The molecular formula is C13H23BrN4O. The summed E-state index contributed by atoms with van der Waals surface area (Å²) in [6, 6.07) is -0.288. The van der Waals surface area contributed by atoms with Gasteiger partial charge in [-0.25, -0.2) is 0 Å². The molecule has 6 heteroatoms. The first kappa shape index (κ1) is 16.2. The fourth-order valence-electron chi connectivity index (χ4n) is 1.89. The van der Waals surface area contributed by atoms with E-state index in [1.165, 1.54) is 0 Å². The molecule has 0 aromatic carbocycles. The zero-order valence-corrected chi connectivity index (χ0v) is 13.9. The molecule has 1 amide bonds. The van der Waals surface area contributed by atoms with Crippen LogP contribution >= 0.6 is 15.9 Å². The molecule has 0 aliphatic rings. The molecule has 0 saturated carbocycles. The van der Waals surface area contributed by atoms with Gasteiger partial charge in [-0.05, 0) is 63.8 Å². The van der Waals surface area contributed by atoms with Gasteiger partial charge in [-0.3, -0.25) is 9.48 Å². The molecule has 1 unspecified atom stereocenters. The van der Waals surface area contributed by atoms with Crippen molar-refractivity contribution in [2.45, 2.75) is 33.2 Å². The predicted molar refractivity (Wildman–Crippen MR) is 80.3 cm³/mol. The lowest BCUT2D eigenvalue weighted by atomic mass is 10.3. The minimum atomic E-state index is -0.288. The third kappa shape index (κ3) is 4.31. The number of halogens is 1. The Morgan fingerprint density at radius 2 is 2.11 bits per heavy atom. The first-order valence-corrected chi connectivity index (χ1v) is 7.27. The number of carbonyl (C=O) groups excluding carboxylic acids is 1. The van der Waals surface area contributed by atoms with Crippen molar-refractivity contribution in [1.29, 1.82) is 0 Å². The number of amides is 1. The van der Waals surface area contributed by atoms with Gasteiger partial charge in [0.25, 0.3) is 0 Å². The highest BCUT2D eigenvalue weighted by Gasteiger charge is 2.19. The molecule has 1 atom stereocenters.